The number of aryl methyl sites for hydroxylation is 3. The maximum absolute atomic E-state index is 12.6. The van der Waals surface area contributed by atoms with Gasteiger partial charge in [0.15, 0.2) is 0 Å². The third-order valence-electron chi connectivity index (χ3n) is 4.31. The van der Waals surface area contributed by atoms with Gasteiger partial charge in [-0.1, -0.05) is 42.5 Å². The number of para-hydroxylation sites is 1. The van der Waals surface area contributed by atoms with Gasteiger partial charge in [-0.05, 0) is 43.9 Å². The number of aromatic nitrogens is 2. The summed E-state index contributed by atoms with van der Waals surface area (Å²) in [6.45, 7) is 3.79. The van der Waals surface area contributed by atoms with Crippen LogP contribution >= 0.6 is 0 Å². The number of benzene rings is 2. The second-order valence-corrected chi connectivity index (χ2v) is 6.12. The van der Waals surface area contributed by atoms with Crippen LogP contribution in [0.2, 0.25) is 0 Å². The molecule has 4 nitrogen and oxygen atoms in total. The van der Waals surface area contributed by atoms with Gasteiger partial charge in [0.1, 0.15) is 11.6 Å². The number of nitrogens with zero attached hydrogens (tertiary/aromatic N) is 1. The van der Waals surface area contributed by atoms with Gasteiger partial charge in [0.25, 0.3) is 5.56 Å². The highest BCUT2D eigenvalue weighted by Gasteiger charge is 2.17. The molecule has 25 heavy (non-hydrogen) atoms. The van der Waals surface area contributed by atoms with Gasteiger partial charge in [0.2, 0.25) is 0 Å². The van der Waals surface area contributed by atoms with Crippen LogP contribution in [0.4, 0.5) is 0 Å². The van der Waals surface area contributed by atoms with Gasteiger partial charge in [0.05, 0.1) is 12.8 Å². The van der Waals surface area contributed by atoms with Crippen LogP contribution in [0.25, 0.3) is 11.3 Å². The van der Waals surface area contributed by atoms with Crippen LogP contribution in [0.1, 0.15) is 22.5 Å². The van der Waals surface area contributed by atoms with E-state index in [2.05, 4.69) is 22.1 Å². The van der Waals surface area contributed by atoms with Gasteiger partial charge in [-0.15, -0.1) is 0 Å². The second-order valence-electron chi connectivity index (χ2n) is 6.12. The molecule has 0 aliphatic rings. The van der Waals surface area contributed by atoms with Crippen LogP contribution in [0.3, 0.4) is 0 Å². The molecule has 0 saturated carbocycles. The first-order valence-corrected chi connectivity index (χ1v) is 8.38. The van der Waals surface area contributed by atoms with Crippen LogP contribution in [-0.4, -0.2) is 17.1 Å². The molecule has 0 radical (unpaired) electrons. The van der Waals surface area contributed by atoms with E-state index in [0.717, 1.165) is 23.3 Å². The quantitative estimate of drug-likeness (QED) is 0.771. The van der Waals surface area contributed by atoms with Crippen LogP contribution in [0.5, 0.6) is 5.75 Å². The first-order chi connectivity index (χ1) is 12.1. The number of rotatable bonds is 5. The van der Waals surface area contributed by atoms with Gasteiger partial charge in [0, 0.05) is 11.1 Å². The van der Waals surface area contributed by atoms with Crippen LogP contribution in [-0.2, 0) is 12.8 Å². The highest BCUT2D eigenvalue weighted by atomic mass is 16.5. The predicted octanol–water partition coefficient (Wildman–Crippen LogP) is 3.85. The fourth-order valence-corrected chi connectivity index (χ4v) is 3.09. The number of hydrogen-bond acceptors (Lipinski definition) is 3. The lowest BCUT2D eigenvalue weighted by Crippen LogP contribution is -2.18. The molecule has 0 atom stereocenters. The summed E-state index contributed by atoms with van der Waals surface area (Å²) >= 11 is 0. The summed E-state index contributed by atoms with van der Waals surface area (Å²) < 4.78 is 5.58. The van der Waals surface area contributed by atoms with Crippen molar-refractivity contribution in [2.75, 3.05) is 7.11 Å². The second kappa shape index (κ2) is 7.34. The van der Waals surface area contributed by atoms with Gasteiger partial charge in [-0.2, -0.15) is 0 Å². The molecule has 3 aromatic rings. The zero-order valence-electron chi connectivity index (χ0n) is 14.8. The van der Waals surface area contributed by atoms with Crippen molar-refractivity contribution >= 4 is 0 Å². The zero-order chi connectivity index (χ0) is 17.8. The molecule has 0 fully saturated rings. The van der Waals surface area contributed by atoms with E-state index in [9.17, 15) is 4.79 Å². The standard InChI is InChI=1S/C21H22N2O2/c1-14-8-7-11-17(20(14)25-3)19-18(21(24)23-15(2)22-19)13-12-16-9-5-4-6-10-16/h4-11H,12-13H2,1-3H3,(H,22,23,24). The number of nitrogens with one attached hydrogen (secondary N) is 1. The molecule has 3 rings (SSSR count). The number of hydrogen-bond donors (Lipinski definition) is 1. The SMILES string of the molecule is COc1c(C)cccc1-c1nc(C)[nH]c(=O)c1CCc1ccccc1. The summed E-state index contributed by atoms with van der Waals surface area (Å²) in [5.41, 5.74) is 4.40. The van der Waals surface area contributed by atoms with Crippen LogP contribution in [0, 0.1) is 13.8 Å². The molecule has 1 heterocycles. The minimum absolute atomic E-state index is 0.0815. The molecule has 0 bridgehead atoms. The fourth-order valence-electron chi connectivity index (χ4n) is 3.09. The first kappa shape index (κ1) is 17.0. The molecule has 1 aromatic heterocycles. The van der Waals surface area contributed by atoms with Crippen molar-refractivity contribution in [3.05, 3.63) is 81.4 Å². The summed E-state index contributed by atoms with van der Waals surface area (Å²) in [4.78, 5) is 20.1. The molecule has 0 unspecified atom stereocenters. The molecule has 0 aliphatic carbocycles. The van der Waals surface area contributed by atoms with E-state index in [4.69, 9.17) is 4.74 Å². The Morgan fingerprint density at radius 3 is 2.48 bits per heavy atom. The number of aromatic amines is 1. The van der Waals surface area contributed by atoms with Crippen molar-refractivity contribution in [2.24, 2.45) is 0 Å². The topological polar surface area (TPSA) is 55.0 Å². The number of H-pyrrole nitrogens is 1. The van der Waals surface area contributed by atoms with E-state index in [1.165, 1.54) is 5.56 Å². The highest BCUT2D eigenvalue weighted by molar-refractivity contribution is 5.71. The summed E-state index contributed by atoms with van der Waals surface area (Å²) in [6, 6.07) is 16.1. The highest BCUT2D eigenvalue weighted by Crippen LogP contribution is 2.33. The maximum Gasteiger partial charge on any atom is 0.254 e. The van der Waals surface area contributed by atoms with Gasteiger partial charge >= 0.3 is 0 Å². The minimum Gasteiger partial charge on any atom is -0.496 e. The van der Waals surface area contributed by atoms with Crippen molar-refractivity contribution in [1.82, 2.24) is 9.97 Å². The normalized spacial score (nSPS) is 10.7. The minimum atomic E-state index is -0.0815. The lowest BCUT2D eigenvalue weighted by molar-refractivity contribution is 0.413. The smallest absolute Gasteiger partial charge is 0.254 e. The largest absolute Gasteiger partial charge is 0.496 e. The average molecular weight is 334 g/mol. The van der Waals surface area contributed by atoms with E-state index in [1.54, 1.807) is 14.0 Å². The molecule has 2 aromatic carbocycles. The molecular weight excluding hydrogens is 312 g/mol. The Labute approximate surface area is 147 Å². The molecule has 0 aliphatic heterocycles. The maximum atomic E-state index is 12.6. The van der Waals surface area contributed by atoms with Crippen molar-refractivity contribution in [3.63, 3.8) is 0 Å². The Balaban J connectivity index is 2.08. The Morgan fingerprint density at radius 1 is 1.00 bits per heavy atom. The van der Waals surface area contributed by atoms with Crippen molar-refractivity contribution < 1.29 is 4.74 Å². The molecule has 1 N–H and O–H groups in total. The fraction of sp³-hybridized carbons (Fsp3) is 0.238. The van der Waals surface area contributed by atoms with Gasteiger partial charge in [-0.3, -0.25) is 4.79 Å². The summed E-state index contributed by atoms with van der Waals surface area (Å²) in [5, 5.41) is 0. The summed E-state index contributed by atoms with van der Waals surface area (Å²) in [6.07, 6.45) is 1.41. The van der Waals surface area contributed by atoms with E-state index in [-0.39, 0.29) is 5.56 Å². The molecule has 0 spiro atoms. The van der Waals surface area contributed by atoms with Crippen molar-refractivity contribution in [2.45, 2.75) is 26.7 Å². The van der Waals surface area contributed by atoms with Crippen LogP contribution < -0.4 is 10.3 Å². The van der Waals surface area contributed by atoms with Gasteiger partial charge < -0.3 is 9.72 Å². The summed E-state index contributed by atoms with van der Waals surface area (Å²) in [7, 11) is 1.65. The zero-order valence-corrected chi connectivity index (χ0v) is 14.8. The summed E-state index contributed by atoms with van der Waals surface area (Å²) in [5.74, 6) is 1.37. The Hall–Kier alpha value is -2.88. The monoisotopic (exact) mass is 334 g/mol. The molecular formula is C21H22N2O2. The lowest BCUT2D eigenvalue weighted by Gasteiger charge is -2.14. The van der Waals surface area contributed by atoms with Crippen molar-refractivity contribution in [3.8, 4) is 17.0 Å². The third-order valence-corrected chi connectivity index (χ3v) is 4.31. The Bertz CT molecular complexity index is 930. The van der Waals surface area contributed by atoms with Crippen molar-refractivity contribution in [1.29, 1.82) is 0 Å². The Morgan fingerprint density at radius 2 is 1.76 bits per heavy atom. The van der Waals surface area contributed by atoms with E-state index in [1.807, 2.05) is 43.3 Å². The molecule has 0 amide bonds. The number of ether oxygens (including phenoxy) is 1. The molecule has 0 saturated heterocycles. The number of methoxy groups -OCH3 is 1. The predicted molar refractivity (Wildman–Crippen MR) is 100 cm³/mol. The third kappa shape index (κ3) is 3.63. The lowest BCUT2D eigenvalue weighted by atomic mass is 9.98. The van der Waals surface area contributed by atoms with E-state index in [0.29, 0.717) is 23.5 Å². The van der Waals surface area contributed by atoms with Crippen LogP contribution in [0.15, 0.2) is 53.3 Å². The first-order valence-electron chi connectivity index (χ1n) is 8.38. The van der Waals surface area contributed by atoms with E-state index >= 15 is 0 Å². The van der Waals surface area contributed by atoms with Gasteiger partial charge in [-0.25, -0.2) is 4.98 Å². The Kier molecular flexibility index (Phi) is 4.98. The van der Waals surface area contributed by atoms with E-state index < -0.39 is 0 Å². The molecule has 128 valence electrons. The average Bonchev–Trinajstić information content (AvgIpc) is 2.61. The molecule has 4 heteroatoms.